The summed E-state index contributed by atoms with van der Waals surface area (Å²) in [6.07, 6.45) is 5.05. The number of nitrogens with zero attached hydrogens (tertiary/aromatic N) is 2. The van der Waals surface area contributed by atoms with E-state index < -0.39 is 0 Å². The Kier molecular flexibility index (Phi) is 4.18. The lowest BCUT2D eigenvalue weighted by molar-refractivity contribution is 0.0486. The quantitative estimate of drug-likeness (QED) is 0.793. The Labute approximate surface area is 106 Å². The average molecular weight is 256 g/mol. The molecule has 1 aliphatic carbocycles. The number of hydrogen-bond acceptors (Lipinski definition) is 4. The van der Waals surface area contributed by atoms with Crippen molar-refractivity contribution in [2.75, 3.05) is 11.9 Å². The van der Waals surface area contributed by atoms with Crippen LogP contribution < -0.4 is 5.32 Å². The summed E-state index contributed by atoms with van der Waals surface area (Å²) in [6, 6.07) is 0. The van der Waals surface area contributed by atoms with Crippen LogP contribution in [0.1, 0.15) is 31.7 Å². The lowest BCUT2D eigenvalue weighted by Crippen LogP contribution is -2.33. The lowest BCUT2D eigenvalue weighted by atomic mass is 9.82. The number of halogens is 1. The van der Waals surface area contributed by atoms with Crippen LogP contribution >= 0.6 is 11.6 Å². The number of aliphatic hydroxyl groups excluding tert-OH is 1. The fourth-order valence-electron chi connectivity index (χ4n) is 2.12. The van der Waals surface area contributed by atoms with Crippen LogP contribution in [0, 0.1) is 5.92 Å². The van der Waals surface area contributed by atoms with Crippen molar-refractivity contribution in [3.63, 3.8) is 0 Å². The molecule has 4 nitrogen and oxygen atoms in total. The van der Waals surface area contributed by atoms with Gasteiger partial charge < -0.3 is 10.4 Å². The maximum Gasteiger partial charge on any atom is 0.137 e. The molecule has 2 N–H and O–H groups in total. The van der Waals surface area contributed by atoms with E-state index in [9.17, 15) is 5.11 Å². The number of anilines is 1. The van der Waals surface area contributed by atoms with Crippen LogP contribution in [0.2, 0.25) is 5.15 Å². The van der Waals surface area contributed by atoms with E-state index in [1.165, 1.54) is 6.33 Å². The molecule has 1 aromatic heterocycles. The molecule has 94 valence electrons. The molecule has 0 spiro atoms. The van der Waals surface area contributed by atoms with Crippen LogP contribution in [-0.2, 0) is 6.42 Å². The van der Waals surface area contributed by atoms with Gasteiger partial charge in [-0.1, -0.05) is 24.9 Å². The first-order valence-corrected chi connectivity index (χ1v) is 6.49. The van der Waals surface area contributed by atoms with Gasteiger partial charge in [0.2, 0.25) is 0 Å². The van der Waals surface area contributed by atoms with Crippen molar-refractivity contribution in [3.8, 4) is 0 Å². The topological polar surface area (TPSA) is 58.0 Å². The molecular weight excluding hydrogens is 238 g/mol. The van der Waals surface area contributed by atoms with Crippen molar-refractivity contribution < 1.29 is 5.11 Å². The zero-order valence-electron chi connectivity index (χ0n) is 9.99. The van der Waals surface area contributed by atoms with Gasteiger partial charge >= 0.3 is 0 Å². The van der Waals surface area contributed by atoms with Crippen LogP contribution in [0.15, 0.2) is 6.33 Å². The highest BCUT2D eigenvalue weighted by molar-refractivity contribution is 6.30. The molecule has 0 atom stereocenters. The van der Waals surface area contributed by atoms with E-state index in [0.29, 0.717) is 11.1 Å². The Morgan fingerprint density at radius 1 is 1.47 bits per heavy atom. The molecule has 0 bridgehead atoms. The molecule has 0 saturated heterocycles. The normalized spacial score (nSPS) is 23.2. The van der Waals surface area contributed by atoms with Crippen LogP contribution in [0.25, 0.3) is 0 Å². The first-order chi connectivity index (χ1) is 8.20. The van der Waals surface area contributed by atoms with Gasteiger partial charge in [0.1, 0.15) is 17.3 Å². The van der Waals surface area contributed by atoms with Gasteiger partial charge in [-0.2, -0.15) is 0 Å². The molecule has 17 heavy (non-hydrogen) atoms. The fourth-order valence-corrected chi connectivity index (χ4v) is 2.35. The first kappa shape index (κ1) is 12.6. The Balaban J connectivity index is 1.97. The van der Waals surface area contributed by atoms with E-state index in [4.69, 9.17) is 11.6 Å². The molecular formula is C12H18ClN3O. The summed E-state index contributed by atoms with van der Waals surface area (Å²) in [5.74, 6) is 1.39. The second-order valence-electron chi connectivity index (χ2n) is 4.61. The van der Waals surface area contributed by atoms with Crippen molar-refractivity contribution in [1.29, 1.82) is 0 Å². The molecule has 0 amide bonds. The van der Waals surface area contributed by atoms with Crippen LogP contribution in [-0.4, -0.2) is 27.7 Å². The minimum Gasteiger partial charge on any atom is -0.393 e. The summed E-state index contributed by atoms with van der Waals surface area (Å²) in [5, 5.41) is 13.1. The SMILES string of the molecule is CCCc1c(Cl)ncnc1NCC1CC(O)C1. The standard InChI is InChI=1S/C12H18ClN3O/c1-2-3-10-11(13)15-7-16-12(10)14-6-8-4-9(17)5-8/h7-9,17H,2-6H2,1H3,(H,14,15,16). The highest BCUT2D eigenvalue weighted by atomic mass is 35.5. The lowest BCUT2D eigenvalue weighted by Gasteiger charge is -2.31. The Morgan fingerprint density at radius 2 is 2.24 bits per heavy atom. The van der Waals surface area contributed by atoms with E-state index in [1.54, 1.807) is 0 Å². The number of rotatable bonds is 5. The minimum absolute atomic E-state index is 0.106. The van der Waals surface area contributed by atoms with Crippen LogP contribution in [0.3, 0.4) is 0 Å². The van der Waals surface area contributed by atoms with Gasteiger partial charge in [0.25, 0.3) is 0 Å². The summed E-state index contributed by atoms with van der Waals surface area (Å²) in [7, 11) is 0. The van der Waals surface area contributed by atoms with Gasteiger partial charge in [0, 0.05) is 12.1 Å². The fraction of sp³-hybridized carbons (Fsp3) is 0.667. The van der Waals surface area contributed by atoms with Gasteiger partial charge in [-0.3, -0.25) is 0 Å². The Morgan fingerprint density at radius 3 is 2.88 bits per heavy atom. The third kappa shape index (κ3) is 3.07. The van der Waals surface area contributed by atoms with E-state index in [-0.39, 0.29) is 6.10 Å². The molecule has 5 heteroatoms. The van der Waals surface area contributed by atoms with Crippen molar-refractivity contribution in [3.05, 3.63) is 17.0 Å². The molecule has 2 rings (SSSR count). The highest BCUT2D eigenvalue weighted by Crippen LogP contribution is 2.28. The van der Waals surface area contributed by atoms with Gasteiger partial charge in [-0.05, 0) is 25.2 Å². The second-order valence-corrected chi connectivity index (χ2v) is 4.97. The van der Waals surface area contributed by atoms with E-state index >= 15 is 0 Å². The van der Waals surface area contributed by atoms with Gasteiger partial charge in [-0.15, -0.1) is 0 Å². The van der Waals surface area contributed by atoms with E-state index in [0.717, 1.165) is 43.6 Å². The third-order valence-electron chi connectivity index (χ3n) is 3.16. The van der Waals surface area contributed by atoms with Crippen molar-refractivity contribution in [1.82, 2.24) is 9.97 Å². The van der Waals surface area contributed by atoms with Gasteiger partial charge in [0.15, 0.2) is 0 Å². The molecule has 1 saturated carbocycles. The zero-order valence-corrected chi connectivity index (χ0v) is 10.7. The summed E-state index contributed by atoms with van der Waals surface area (Å²) < 4.78 is 0. The summed E-state index contributed by atoms with van der Waals surface area (Å²) >= 11 is 6.06. The van der Waals surface area contributed by atoms with Gasteiger partial charge in [0.05, 0.1) is 6.10 Å². The van der Waals surface area contributed by atoms with Gasteiger partial charge in [-0.25, -0.2) is 9.97 Å². The highest BCUT2D eigenvalue weighted by Gasteiger charge is 2.27. The first-order valence-electron chi connectivity index (χ1n) is 6.12. The summed E-state index contributed by atoms with van der Waals surface area (Å²) in [6.45, 7) is 2.95. The zero-order chi connectivity index (χ0) is 12.3. The molecule has 0 aromatic carbocycles. The molecule has 0 unspecified atom stereocenters. The predicted molar refractivity (Wildman–Crippen MR) is 68.3 cm³/mol. The van der Waals surface area contributed by atoms with Crippen LogP contribution in [0.5, 0.6) is 0 Å². The Hall–Kier alpha value is -0.870. The van der Waals surface area contributed by atoms with Crippen molar-refractivity contribution in [2.24, 2.45) is 5.92 Å². The number of aromatic nitrogens is 2. The summed E-state index contributed by atoms with van der Waals surface area (Å²) in [4.78, 5) is 8.24. The van der Waals surface area contributed by atoms with Crippen LogP contribution in [0.4, 0.5) is 5.82 Å². The maximum absolute atomic E-state index is 9.22. The summed E-state index contributed by atoms with van der Waals surface area (Å²) in [5.41, 5.74) is 0.997. The van der Waals surface area contributed by atoms with E-state index in [1.807, 2.05) is 0 Å². The number of hydrogen-bond donors (Lipinski definition) is 2. The van der Waals surface area contributed by atoms with E-state index in [2.05, 4.69) is 22.2 Å². The maximum atomic E-state index is 9.22. The van der Waals surface area contributed by atoms with Crippen molar-refractivity contribution in [2.45, 2.75) is 38.7 Å². The molecule has 1 fully saturated rings. The molecule has 0 radical (unpaired) electrons. The average Bonchev–Trinajstić information content (AvgIpc) is 2.27. The molecule has 1 aromatic rings. The predicted octanol–water partition coefficient (Wildman–Crippen LogP) is 2.27. The third-order valence-corrected chi connectivity index (χ3v) is 3.49. The molecule has 0 aliphatic heterocycles. The molecule has 1 aliphatic rings. The second kappa shape index (κ2) is 5.65. The largest absolute Gasteiger partial charge is 0.393 e. The molecule has 1 heterocycles. The number of aliphatic hydroxyl groups is 1. The smallest absolute Gasteiger partial charge is 0.137 e. The number of nitrogens with one attached hydrogen (secondary N) is 1. The Bertz CT molecular complexity index is 380. The van der Waals surface area contributed by atoms with Crippen molar-refractivity contribution >= 4 is 17.4 Å². The monoisotopic (exact) mass is 255 g/mol. The minimum atomic E-state index is -0.106.